The maximum Gasteiger partial charge on any atom is -0.00773 e. The lowest BCUT2D eigenvalue weighted by Crippen LogP contribution is -2.11. The van der Waals surface area contributed by atoms with Crippen molar-refractivity contribution in [3.8, 4) is 0 Å². The topological polar surface area (TPSA) is 26.0 Å². The van der Waals surface area contributed by atoms with E-state index in [2.05, 4.69) is 6.92 Å². The van der Waals surface area contributed by atoms with E-state index >= 15 is 0 Å². The van der Waals surface area contributed by atoms with Crippen LogP contribution in [0.4, 0.5) is 0 Å². The van der Waals surface area contributed by atoms with Crippen molar-refractivity contribution < 1.29 is 0 Å². The van der Waals surface area contributed by atoms with Crippen molar-refractivity contribution in [3.05, 3.63) is 0 Å². The van der Waals surface area contributed by atoms with E-state index in [1.54, 1.807) is 0 Å². The molecular formula is C12H25N. The summed E-state index contributed by atoms with van der Waals surface area (Å²) in [4.78, 5) is 0. The molecule has 13 heavy (non-hydrogen) atoms. The van der Waals surface area contributed by atoms with Crippen LogP contribution in [0.3, 0.4) is 0 Å². The molecule has 0 bridgehead atoms. The first kappa shape index (κ1) is 11.0. The molecule has 1 rings (SSSR count). The average Bonchev–Trinajstić information content (AvgIpc) is 2.65. The zero-order valence-electron chi connectivity index (χ0n) is 9.10. The Labute approximate surface area is 83.1 Å². The molecule has 0 spiro atoms. The SMILES string of the molecule is CCC(CCCCN)C1CCCC1. The number of hydrogen-bond donors (Lipinski definition) is 1. The Hall–Kier alpha value is -0.0400. The van der Waals surface area contributed by atoms with Gasteiger partial charge in [0.2, 0.25) is 0 Å². The smallest absolute Gasteiger partial charge is 0.00773 e. The largest absolute Gasteiger partial charge is 0.330 e. The van der Waals surface area contributed by atoms with Gasteiger partial charge in [-0.25, -0.2) is 0 Å². The van der Waals surface area contributed by atoms with Crippen LogP contribution < -0.4 is 5.73 Å². The first-order valence-electron chi connectivity index (χ1n) is 6.08. The molecule has 0 aromatic rings. The van der Waals surface area contributed by atoms with Gasteiger partial charge in [0.15, 0.2) is 0 Å². The molecule has 1 heteroatoms. The average molecular weight is 183 g/mol. The van der Waals surface area contributed by atoms with Crippen molar-refractivity contribution in [1.29, 1.82) is 0 Å². The molecule has 2 N–H and O–H groups in total. The van der Waals surface area contributed by atoms with Gasteiger partial charge in [-0.15, -0.1) is 0 Å². The quantitative estimate of drug-likeness (QED) is 0.628. The van der Waals surface area contributed by atoms with E-state index in [0.29, 0.717) is 0 Å². The van der Waals surface area contributed by atoms with Gasteiger partial charge in [-0.05, 0) is 24.8 Å². The van der Waals surface area contributed by atoms with Crippen molar-refractivity contribution in [2.75, 3.05) is 6.54 Å². The Morgan fingerprint density at radius 3 is 2.46 bits per heavy atom. The van der Waals surface area contributed by atoms with Crippen LogP contribution in [0.15, 0.2) is 0 Å². The molecule has 0 aromatic heterocycles. The first-order valence-corrected chi connectivity index (χ1v) is 6.08. The third-order valence-electron chi connectivity index (χ3n) is 3.62. The highest BCUT2D eigenvalue weighted by atomic mass is 14.5. The van der Waals surface area contributed by atoms with Gasteiger partial charge in [-0.3, -0.25) is 0 Å². The van der Waals surface area contributed by atoms with E-state index in [1.807, 2.05) is 0 Å². The van der Waals surface area contributed by atoms with E-state index in [9.17, 15) is 0 Å². The van der Waals surface area contributed by atoms with Crippen LogP contribution in [0.5, 0.6) is 0 Å². The molecule has 1 fully saturated rings. The highest BCUT2D eigenvalue weighted by molar-refractivity contribution is 4.74. The van der Waals surface area contributed by atoms with Crippen molar-refractivity contribution in [2.24, 2.45) is 17.6 Å². The van der Waals surface area contributed by atoms with Crippen LogP contribution in [-0.4, -0.2) is 6.54 Å². The van der Waals surface area contributed by atoms with Crippen LogP contribution >= 0.6 is 0 Å². The minimum absolute atomic E-state index is 0.876. The lowest BCUT2D eigenvalue weighted by molar-refractivity contribution is 0.301. The van der Waals surface area contributed by atoms with Crippen molar-refractivity contribution in [3.63, 3.8) is 0 Å². The normalized spacial score (nSPS) is 20.8. The molecule has 0 heterocycles. The summed E-state index contributed by atoms with van der Waals surface area (Å²) in [5.74, 6) is 2.07. The summed E-state index contributed by atoms with van der Waals surface area (Å²) in [5, 5.41) is 0. The molecule has 1 atom stereocenters. The van der Waals surface area contributed by atoms with E-state index in [-0.39, 0.29) is 0 Å². The zero-order valence-corrected chi connectivity index (χ0v) is 9.10. The van der Waals surface area contributed by atoms with Gasteiger partial charge in [0.05, 0.1) is 0 Å². The van der Waals surface area contributed by atoms with E-state index < -0.39 is 0 Å². The Morgan fingerprint density at radius 2 is 1.92 bits per heavy atom. The Kier molecular flexibility index (Phi) is 5.45. The van der Waals surface area contributed by atoms with Gasteiger partial charge in [-0.1, -0.05) is 51.9 Å². The second-order valence-corrected chi connectivity index (χ2v) is 4.50. The van der Waals surface area contributed by atoms with Crippen LogP contribution in [0.25, 0.3) is 0 Å². The Balaban J connectivity index is 2.16. The lowest BCUT2D eigenvalue weighted by atomic mass is 9.85. The second kappa shape index (κ2) is 6.42. The number of hydrogen-bond acceptors (Lipinski definition) is 1. The van der Waals surface area contributed by atoms with Crippen LogP contribution in [0.1, 0.15) is 58.3 Å². The minimum Gasteiger partial charge on any atom is -0.330 e. The fraction of sp³-hybridized carbons (Fsp3) is 1.00. The monoisotopic (exact) mass is 183 g/mol. The summed E-state index contributed by atoms with van der Waals surface area (Å²) in [6.45, 7) is 3.23. The molecule has 1 nitrogen and oxygen atoms in total. The predicted molar refractivity (Wildman–Crippen MR) is 58.6 cm³/mol. The standard InChI is InChI=1S/C12H25N/c1-2-11(7-5-6-10-13)12-8-3-4-9-12/h11-12H,2-10,13H2,1H3. The van der Waals surface area contributed by atoms with Gasteiger partial charge in [0.25, 0.3) is 0 Å². The minimum atomic E-state index is 0.876. The fourth-order valence-electron chi connectivity index (χ4n) is 2.75. The lowest BCUT2D eigenvalue weighted by Gasteiger charge is -2.21. The number of nitrogens with two attached hydrogens (primary N) is 1. The molecule has 1 unspecified atom stereocenters. The maximum atomic E-state index is 5.51. The van der Waals surface area contributed by atoms with E-state index in [1.165, 1.54) is 51.4 Å². The molecule has 1 aliphatic rings. The highest BCUT2D eigenvalue weighted by Crippen LogP contribution is 2.35. The molecule has 0 aromatic carbocycles. The van der Waals surface area contributed by atoms with Crippen LogP contribution in [-0.2, 0) is 0 Å². The van der Waals surface area contributed by atoms with E-state index in [0.717, 1.165) is 18.4 Å². The molecule has 78 valence electrons. The summed E-state index contributed by atoms with van der Waals surface area (Å²) in [6.07, 6.45) is 11.4. The summed E-state index contributed by atoms with van der Waals surface area (Å²) < 4.78 is 0. The third kappa shape index (κ3) is 3.68. The summed E-state index contributed by atoms with van der Waals surface area (Å²) in [5.41, 5.74) is 5.51. The van der Waals surface area contributed by atoms with Gasteiger partial charge < -0.3 is 5.73 Å². The van der Waals surface area contributed by atoms with Crippen molar-refractivity contribution in [2.45, 2.75) is 58.3 Å². The molecular weight excluding hydrogens is 158 g/mol. The highest BCUT2D eigenvalue weighted by Gasteiger charge is 2.22. The molecule has 1 aliphatic carbocycles. The van der Waals surface area contributed by atoms with Gasteiger partial charge in [0.1, 0.15) is 0 Å². The molecule has 0 radical (unpaired) electrons. The second-order valence-electron chi connectivity index (χ2n) is 4.50. The van der Waals surface area contributed by atoms with Crippen molar-refractivity contribution >= 4 is 0 Å². The third-order valence-corrected chi connectivity index (χ3v) is 3.62. The Morgan fingerprint density at radius 1 is 1.23 bits per heavy atom. The Bertz CT molecular complexity index is 116. The molecule has 0 amide bonds. The fourth-order valence-corrected chi connectivity index (χ4v) is 2.75. The van der Waals surface area contributed by atoms with E-state index in [4.69, 9.17) is 5.73 Å². The molecule has 0 aliphatic heterocycles. The predicted octanol–water partition coefficient (Wildman–Crippen LogP) is 3.33. The maximum absolute atomic E-state index is 5.51. The van der Waals surface area contributed by atoms with Gasteiger partial charge in [-0.2, -0.15) is 0 Å². The number of unbranched alkanes of at least 4 members (excludes halogenated alkanes) is 1. The van der Waals surface area contributed by atoms with Crippen LogP contribution in [0, 0.1) is 11.8 Å². The van der Waals surface area contributed by atoms with Crippen molar-refractivity contribution in [1.82, 2.24) is 0 Å². The molecule has 0 saturated heterocycles. The zero-order chi connectivity index (χ0) is 9.52. The van der Waals surface area contributed by atoms with Crippen LogP contribution in [0.2, 0.25) is 0 Å². The van der Waals surface area contributed by atoms with Gasteiger partial charge >= 0.3 is 0 Å². The summed E-state index contributed by atoms with van der Waals surface area (Å²) in [7, 11) is 0. The molecule has 1 saturated carbocycles. The van der Waals surface area contributed by atoms with Gasteiger partial charge in [0, 0.05) is 0 Å². The summed E-state index contributed by atoms with van der Waals surface area (Å²) >= 11 is 0. The first-order chi connectivity index (χ1) is 6.38. The summed E-state index contributed by atoms with van der Waals surface area (Å²) in [6, 6.07) is 0. The number of rotatable bonds is 6.